The number of nitrogens with one attached hydrogen (secondary N) is 1. The Morgan fingerprint density at radius 2 is 1.96 bits per heavy atom. The summed E-state index contributed by atoms with van der Waals surface area (Å²) < 4.78 is 13.8. The highest BCUT2D eigenvalue weighted by molar-refractivity contribution is 8.00. The van der Waals surface area contributed by atoms with Crippen LogP contribution >= 0.6 is 11.8 Å². The van der Waals surface area contributed by atoms with Gasteiger partial charge in [0.2, 0.25) is 5.91 Å². The first-order valence-corrected chi connectivity index (χ1v) is 8.45. The Labute approximate surface area is 144 Å². The minimum atomic E-state index is -0.458. The van der Waals surface area contributed by atoms with Crippen LogP contribution in [-0.4, -0.2) is 17.1 Å². The van der Waals surface area contributed by atoms with Gasteiger partial charge < -0.3 is 11.1 Å². The average molecular weight is 346 g/mol. The SMILES string of the molecule is CCc1ccc(NC(=O)c2ccccc2S[C@@H](C)C(N)=O)cc1F. The molecule has 2 rings (SSSR count). The van der Waals surface area contributed by atoms with E-state index in [1.165, 1.54) is 17.8 Å². The van der Waals surface area contributed by atoms with Gasteiger partial charge in [0.25, 0.3) is 5.91 Å². The Morgan fingerprint density at radius 3 is 2.58 bits per heavy atom. The second-order valence-corrected chi connectivity index (χ2v) is 6.66. The molecule has 1 atom stereocenters. The number of halogens is 1. The van der Waals surface area contributed by atoms with Gasteiger partial charge in [0, 0.05) is 10.6 Å². The molecule has 0 heterocycles. The molecule has 0 aliphatic carbocycles. The Morgan fingerprint density at radius 1 is 1.25 bits per heavy atom. The molecule has 6 heteroatoms. The lowest BCUT2D eigenvalue weighted by Gasteiger charge is -2.12. The molecule has 0 bridgehead atoms. The van der Waals surface area contributed by atoms with Gasteiger partial charge in [-0.15, -0.1) is 11.8 Å². The zero-order valence-electron chi connectivity index (χ0n) is 13.5. The van der Waals surface area contributed by atoms with Crippen LogP contribution in [0.3, 0.4) is 0 Å². The lowest BCUT2D eigenvalue weighted by molar-refractivity contribution is -0.117. The van der Waals surface area contributed by atoms with Gasteiger partial charge in [-0.25, -0.2) is 4.39 Å². The molecule has 0 saturated carbocycles. The van der Waals surface area contributed by atoms with Gasteiger partial charge in [-0.1, -0.05) is 25.1 Å². The van der Waals surface area contributed by atoms with Crippen LogP contribution in [0.25, 0.3) is 0 Å². The normalized spacial score (nSPS) is 11.8. The first-order chi connectivity index (χ1) is 11.4. The van der Waals surface area contributed by atoms with Crippen molar-refractivity contribution in [3.63, 3.8) is 0 Å². The van der Waals surface area contributed by atoms with Gasteiger partial charge in [0.05, 0.1) is 10.8 Å². The predicted octanol–water partition coefficient (Wildman–Crippen LogP) is 3.61. The van der Waals surface area contributed by atoms with Crippen LogP contribution in [0.1, 0.15) is 29.8 Å². The van der Waals surface area contributed by atoms with E-state index in [0.717, 1.165) is 0 Å². The standard InChI is InChI=1S/C18H19FN2O2S/c1-3-12-8-9-13(10-15(12)19)21-18(23)14-6-4-5-7-16(14)24-11(2)17(20)22/h4-11H,3H2,1-2H3,(H2,20,22)(H,21,23)/t11-/m0/s1. The summed E-state index contributed by atoms with van der Waals surface area (Å²) in [6, 6.07) is 11.5. The molecule has 2 aromatic rings. The highest BCUT2D eigenvalue weighted by Gasteiger charge is 2.17. The van der Waals surface area contributed by atoms with Crippen molar-refractivity contribution < 1.29 is 14.0 Å². The molecular weight excluding hydrogens is 327 g/mol. The number of hydrogen-bond donors (Lipinski definition) is 2. The molecule has 0 radical (unpaired) electrons. The number of nitrogens with two attached hydrogens (primary N) is 1. The number of amides is 2. The van der Waals surface area contributed by atoms with Crippen molar-refractivity contribution in [1.29, 1.82) is 0 Å². The van der Waals surface area contributed by atoms with Crippen molar-refractivity contribution in [3.05, 3.63) is 59.4 Å². The van der Waals surface area contributed by atoms with Gasteiger partial charge in [0.15, 0.2) is 0 Å². The highest BCUT2D eigenvalue weighted by atomic mass is 32.2. The third-order valence-electron chi connectivity index (χ3n) is 3.53. The molecule has 0 spiro atoms. The molecule has 126 valence electrons. The molecule has 2 aromatic carbocycles. The maximum atomic E-state index is 13.8. The summed E-state index contributed by atoms with van der Waals surface area (Å²) in [6.45, 7) is 3.55. The van der Waals surface area contributed by atoms with Gasteiger partial charge in [-0.3, -0.25) is 9.59 Å². The predicted molar refractivity (Wildman–Crippen MR) is 94.7 cm³/mol. The van der Waals surface area contributed by atoms with Gasteiger partial charge in [-0.05, 0) is 43.2 Å². The number of carbonyl (C=O) groups excluding carboxylic acids is 2. The number of carbonyl (C=O) groups is 2. The Balaban J connectivity index is 2.21. The van der Waals surface area contributed by atoms with Crippen molar-refractivity contribution in [2.24, 2.45) is 5.73 Å². The summed E-state index contributed by atoms with van der Waals surface area (Å²) in [5.74, 6) is -1.16. The first-order valence-electron chi connectivity index (χ1n) is 7.57. The molecule has 4 nitrogen and oxygen atoms in total. The summed E-state index contributed by atoms with van der Waals surface area (Å²) in [6.07, 6.45) is 0.588. The maximum absolute atomic E-state index is 13.8. The number of aryl methyl sites for hydroxylation is 1. The van der Waals surface area contributed by atoms with Crippen LogP contribution in [0.5, 0.6) is 0 Å². The third kappa shape index (κ3) is 4.35. The smallest absolute Gasteiger partial charge is 0.256 e. The molecular formula is C18H19FN2O2S. The Bertz CT molecular complexity index is 764. The molecule has 0 saturated heterocycles. The van der Waals surface area contributed by atoms with Crippen molar-refractivity contribution in [3.8, 4) is 0 Å². The largest absolute Gasteiger partial charge is 0.369 e. The van der Waals surface area contributed by atoms with Crippen LogP contribution in [0, 0.1) is 5.82 Å². The van der Waals surface area contributed by atoms with E-state index in [9.17, 15) is 14.0 Å². The lowest BCUT2D eigenvalue weighted by Crippen LogP contribution is -2.23. The number of benzene rings is 2. The first kappa shape index (κ1) is 18.0. The van der Waals surface area contributed by atoms with E-state index in [2.05, 4.69) is 5.32 Å². The molecule has 0 aliphatic heterocycles. The van der Waals surface area contributed by atoms with Crippen molar-refractivity contribution in [1.82, 2.24) is 0 Å². The number of rotatable bonds is 6. The zero-order chi connectivity index (χ0) is 17.7. The van der Waals surface area contributed by atoms with Crippen molar-refractivity contribution in [2.45, 2.75) is 30.4 Å². The second kappa shape index (κ2) is 7.97. The number of primary amides is 1. The summed E-state index contributed by atoms with van der Waals surface area (Å²) >= 11 is 1.22. The van der Waals surface area contributed by atoms with E-state index in [1.54, 1.807) is 43.3 Å². The van der Waals surface area contributed by atoms with Crippen molar-refractivity contribution in [2.75, 3.05) is 5.32 Å². The van der Waals surface area contributed by atoms with Gasteiger partial charge >= 0.3 is 0 Å². The Kier molecular flexibility index (Phi) is 5.98. The molecule has 0 fully saturated rings. The molecule has 3 N–H and O–H groups in total. The van der Waals surface area contributed by atoms with E-state index in [4.69, 9.17) is 5.73 Å². The second-order valence-electron chi connectivity index (χ2n) is 5.27. The average Bonchev–Trinajstić information content (AvgIpc) is 2.55. The zero-order valence-corrected chi connectivity index (χ0v) is 14.3. The van der Waals surface area contributed by atoms with E-state index < -0.39 is 11.2 Å². The Hall–Kier alpha value is -2.34. The maximum Gasteiger partial charge on any atom is 0.256 e. The molecule has 24 heavy (non-hydrogen) atoms. The number of anilines is 1. The monoisotopic (exact) mass is 346 g/mol. The number of hydrogen-bond acceptors (Lipinski definition) is 3. The number of thioether (sulfide) groups is 1. The van der Waals surface area contributed by atoms with Crippen LogP contribution in [0.2, 0.25) is 0 Å². The third-order valence-corrected chi connectivity index (χ3v) is 4.72. The van der Waals surface area contributed by atoms with Crippen LogP contribution in [0.4, 0.5) is 10.1 Å². The fraction of sp³-hybridized carbons (Fsp3) is 0.222. The van der Waals surface area contributed by atoms with Gasteiger partial charge in [0.1, 0.15) is 5.82 Å². The summed E-state index contributed by atoms with van der Waals surface area (Å²) in [7, 11) is 0. The minimum absolute atomic E-state index is 0.347. The topological polar surface area (TPSA) is 72.2 Å². The molecule has 2 amide bonds. The minimum Gasteiger partial charge on any atom is -0.369 e. The highest BCUT2D eigenvalue weighted by Crippen LogP contribution is 2.27. The summed E-state index contributed by atoms with van der Waals surface area (Å²) in [4.78, 5) is 24.4. The fourth-order valence-electron chi connectivity index (χ4n) is 2.12. The van der Waals surface area contributed by atoms with E-state index in [1.807, 2.05) is 6.92 Å². The van der Waals surface area contributed by atoms with Gasteiger partial charge in [-0.2, -0.15) is 0 Å². The van der Waals surface area contributed by atoms with E-state index in [0.29, 0.717) is 28.1 Å². The molecule has 0 aliphatic rings. The molecule has 0 unspecified atom stereocenters. The molecule has 0 aromatic heterocycles. The lowest BCUT2D eigenvalue weighted by atomic mass is 10.1. The van der Waals surface area contributed by atoms with Crippen molar-refractivity contribution >= 4 is 29.3 Å². The quantitative estimate of drug-likeness (QED) is 0.785. The van der Waals surface area contributed by atoms with Crippen LogP contribution in [-0.2, 0) is 11.2 Å². The fourth-order valence-corrected chi connectivity index (χ4v) is 3.06. The van der Waals surface area contributed by atoms with Crippen LogP contribution in [0.15, 0.2) is 47.4 Å². The summed E-state index contributed by atoms with van der Waals surface area (Å²) in [5.41, 5.74) is 6.67. The van der Waals surface area contributed by atoms with E-state index in [-0.39, 0.29) is 11.7 Å². The van der Waals surface area contributed by atoms with E-state index >= 15 is 0 Å². The summed E-state index contributed by atoms with van der Waals surface area (Å²) in [5, 5.41) is 2.23. The van der Waals surface area contributed by atoms with Crippen LogP contribution < -0.4 is 11.1 Å².